The van der Waals surface area contributed by atoms with Gasteiger partial charge >= 0.3 is 17.9 Å². The topological polar surface area (TPSA) is 207 Å². The molecule has 4 unspecified atom stereocenters. The van der Waals surface area contributed by atoms with Crippen molar-refractivity contribution in [1.82, 2.24) is 0 Å². The number of carboxylic acid groups (broad SMARTS) is 3. The van der Waals surface area contributed by atoms with E-state index in [-0.39, 0.29) is 25.0 Å². The number of rotatable bonds is 13. The second-order valence-electron chi connectivity index (χ2n) is 7.19. The highest BCUT2D eigenvalue weighted by Gasteiger charge is 2.33. The zero-order chi connectivity index (χ0) is 21.4. The third-order valence-corrected chi connectivity index (χ3v) is 5.06. The summed E-state index contributed by atoms with van der Waals surface area (Å²) in [6.07, 6.45) is 2.38. The molecule has 10 heteroatoms. The minimum absolute atomic E-state index is 0.111. The number of Topliss-reactive ketones (excluding diaryl/α,β-unsaturated/α-hetero) is 1. The number of ketones is 1. The number of allylic oxidation sites excluding steroid dienone is 2. The molecule has 0 aromatic carbocycles. The fourth-order valence-corrected chi connectivity index (χ4v) is 3.30. The Bertz CT molecular complexity index is 647. The zero-order valence-electron chi connectivity index (χ0n) is 15.7. The average molecular weight is 399 g/mol. The van der Waals surface area contributed by atoms with E-state index in [2.05, 4.69) is 0 Å². The van der Waals surface area contributed by atoms with Crippen molar-refractivity contribution >= 4 is 23.7 Å². The maximum Gasteiger partial charge on any atom is 0.320 e. The molecular formula is C18H29N3O7. The van der Waals surface area contributed by atoms with Crippen LogP contribution in [-0.4, -0.2) is 57.1 Å². The Kier molecular flexibility index (Phi) is 9.23. The Labute approximate surface area is 162 Å². The first kappa shape index (κ1) is 23.7. The van der Waals surface area contributed by atoms with Gasteiger partial charge in [0.1, 0.15) is 18.1 Å². The summed E-state index contributed by atoms with van der Waals surface area (Å²) in [5.41, 5.74) is 17.9. The van der Waals surface area contributed by atoms with E-state index in [0.717, 1.165) is 5.57 Å². The first-order chi connectivity index (χ1) is 13.0. The van der Waals surface area contributed by atoms with Crippen molar-refractivity contribution in [3.63, 3.8) is 0 Å². The number of carbonyl (C=O) groups is 4. The number of nitrogens with two attached hydrogens (primary N) is 3. The van der Waals surface area contributed by atoms with E-state index in [9.17, 15) is 19.2 Å². The molecule has 0 fully saturated rings. The van der Waals surface area contributed by atoms with Crippen LogP contribution in [0.3, 0.4) is 0 Å². The van der Waals surface area contributed by atoms with E-state index < -0.39 is 42.0 Å². The van der Waals surface area contributed by atoms with Gasteiger partial charge in [0, 0.05) is 5.92 Å². The van der Waals surface area contributed by atoms with Crippen LogP contribution in [0.4, 0.5) is 0 Å². The van der Waals surface area contributed by atoms with E-state index in [4.69, 9.17) is 32.5 Å². The summed E-state index contributed by atoms with van der Waals surface area (Å²) in [6.45, 7) is 0. The molecule has 0 radical (unpaired) electrons. The van der Waals surface area contributed by atoms with Gasteiger partial charge in [-0.1, -0.05) is 5.57 Å². The van der Waals surface area contributed by atoms with Gasteiger partial charge < -0.3 is 32.5 Å². The highest BCUT2D eigenvalue weighted by molar-refractivity contribution is 6.00. The molecule has 4 atom stereocenters. The summed E-state index contributed by atoms with van der Waals surface area (Å²) < 4.78 is 0. The van der Waals surface area contributed by atoms with Gasteiger partial charge in [-0.2, -0.15) is 0 Å². The molecule has 10 nitrogen and oxygen atoms in total. The minimum atomic E-state index is -1.13. The Morgan fingerprint density at radius 1 is 0.857 bits per heavy atom. The average Bonchev–Trinajstić information content (AvgIpc) is 2.92. The molecule has 0 spiro atoms. The second-order valence-corrected chi connectivity index (χ2v) is 7.19. The molecule has 0 aromatic rings. The van der Waals surface area contributed by atoms with Crippen LogP contribution in [0.1, 0.15) is 51.4 Å². The fourth-order valence-electron chi connectivity index (χ4n) is 3.30. The van der Waals surface area contributed by atoms with Crippen LogP contribution in [0, 0.1) is 5.92 Å². The van der Waals surface area contributed by atoms with Gasteiger partial charge in [0.05, 0.1) is 0 Å². The third kappa shape index (κ3) is 7.02. The largest absolute Gasteiger partial charge is 0.480 e. The van der Waals surface area contributed by atoms with Gasteiger partial charge in [-0.15, -0.1) is 0 Å². The molecule has 1 rings (SSSR count). The Morgan fingerprint density at radius 2 is 1.36 bits per heavy atom. The van der Waals surface area contributed by atoms with E-state index in [1.165, 1.54) is 0 Å². The van der Waals surface area contributed by atoms with Gasteiger partial charge in [0.25, 0.3) is 0 Å². The smallest absolute Gasteiger partial charge is 0.320 e. The highest BCUT2D eigenvalue weighted by atomic mass is 16.4. The van der Waals surface area contributed by atoms with E-state index in [1.54, 1.807) is 0 Å². The molecule has 0 saturated carbocycles. The molecule has 1 aliphatic rings. The zero-order valence-corrected chi connectivity index (χ0v) is 15.7. The van der Waals surface area contributed by atoms with Crippen molar-refractivity contribution in [3.8, 4) is 0 Å². The number of hydrogen-bond donors (Lipinski definition) is 6. The quantitative estimate of drug-likeness (QED) is 0.241. The monoisotopic (exact) mass is 399 g/mol. The SMILES string of the molecule is NC(CCCC1=C(CCC(N)C(=O)O)CC(CCC(N)C(=O)O)C1=O)C(=O)O. The van der Waals surface area contributed by atoms with E-state index in [1.807, 2.05) is 0 Å². The summed E-state index contributed by atoms with van der Waals surface area (Å²) in [4.78, 5) is 45.3. The van der Waals surface area contributed by atoms with Crippen LogP contribution < -0.4 is 17.2 Å². The fraction of sp³-hybridized carbons (Fsp3) is 0.667. The summed E-state index contributed by atoms with van der Waals surface area (Å²) in [5.74, 6) is -3.87. The standard InChI is InChI=1S/C18H29N3O7/c19-12(16(23)24)3-1-2-11-9(4-6-13(20)17(25)26)8-10(15(11)22)5-7-14(21)18(27)28/h10,12-14H,1-8,19-21H2,(H,23,24)(H,25,26)(H,27,28). The lowest BCUT2D eigenvalue weighted by atomic mass is 9.94. The maximum atomic E-state index is 12.7. The number of carboxylic acids is 3. The van der Waals surface area contributed by atoms with E-state index in [0.29, 0.717) is 37.7 Å². The second kappa shape index (κ2) is 10.9. The van der Waals surface area contributed by atoms with Crippen LogP contribution in [0.15, 0.2) is 11.1 Å². The van der Waals surface area contributed by atoms with Gasteiger partial charge in [0.2, 0.25) is 0 Å². The van der Waals surface area contributed by atoms with Gasteiger partial charge in [0.15, 0.2) is 5.78 Å². The predicted molar refractivity (Wildman–Crippen MR) is 99.3 cm³/mol. The third-order valence-electron chi connectivity index (χ3n) is 5.06. The van der Waals surface area contributed by atoms with Gasteiger partial charge in [-0.05, 0) is 56.9 Å². The van der Waals surface area contributed by atoms with Crippen LogP contribution >= 0.6 is 0 Å². The van der Waals surface area contributed by atoms with Crippen LogP contribution in [0.5, 0.6) is 0 Å². The summed E-state index contributed by atoms with van der Waals surface area (Å²) >= 11 is 0. The lowest BCUT2D eigenvalue weighted by molar-refractivity contribution is -0.139. The minimum Gasteiger partial charge on any atom is -0.480 e. The molecule has 0 amide bonds. The van der Waals surface area contributed by atoms with Crippen molar-refractivity contribution < 1.29 is 34.5 Å². The van der Waals surface area contributed by atoms with Crippen LogP contribution in [0.25, 0.3) is 0 Å². The molecule has 9 N–H and O–H groups in total. The normalized spacial score (nSPS) is 20.1. The lowest BCUT2D eigenvalue weighted by Gasteiger charge is -2.12. The predicted octanol–water partition coefficient (Wildman–Crippen LogP) is -0.162. The molecule has 28 heavy (non-hydrogen) atoms. The first-order valence-corrected chi connectivity index (χ1v) is 9.24. The van der Waals surface area contributed by atoms with Gasteiger partial charge in [-0.25, -0.2) is 0 Å². The first-order valence-electron chi connectivity index (χ1n) is 9.24. The number of aliphatic carboxylic acids is 3. The molecule has 0 aromatic heterocycles. The van der Waals surface area contributed by atoms with Crippen LogP contribution in [-0.2, 0) is 19.2 Å². The number of hydrogen-bond acceptors (Lipinski definition) is 7. The maximum absolute atomic E-state index is 12.7. The molecular weight excluding hydrogens is 370 g/mol. The number of carbonyl (C=O) groups excluding carboxylic acids is 1. The Hall–Kier alpha value is -2.30. The molecule has 0 saturated heterocycles. The van der Waals surface area contributed by atoms with Crippen molar-refractivity contribution in [3.05, 3.63) is 11.1 Å². The summed E-state index contributed by atoms with van der Waals surface area (Å²) in [5, 5.41) is 26.7. The molecule has 0 heterocycles. The lowest BCUT2D eigenvalue weighted by Crippen LogP contribution is -2.31. The van der Waals surface area contributed by atoms with Gasteiger partial charge in [-0.3, -0.25) is 19.2 Å². The van der Waals surface area contributed by atoms with Crippen molar-refractivity contribution in [2.75, 3.05) is 0 Å². The highest BCUT2D eigenvalue weighted by Crippen LogP contribution is 2.36. The van der Waals surface area contributed by atoms with Crippen molar-refractivity contribution in [2.45, 2.75) is 69.5 Å². The molecule has 158 valence electrons. The molecule has 1 aliphatic carbocycles. The Balaban J connectivity index is 2.78. The van der Waals surface area contributed by atoms with Crippen molar-refractivity contribution in [1.29, 1.82) is 0 Å². The Morgan fingerprint density at radius 3 is 1.89 bits per heavy atom. The summed E-state index contributed by atoms with van der Waals surface area (Å²) in [6, 6.07) is -3.09. The molecule has 0 bridgehead atoms. The summed E-state index contributed by atoms with van der Waals surface area (Å²) in [7, 11) is 0. The van der Waals surface area contributed by atoms with Crippen molar-refractivity contribution in [2.24, 2.45) is 23.1 Å². The van der Waals surface area contributed by atoms with E-state index >= 15 is 0 Å². The van der Waals surface area contributed by atoms with Crippen LogP contribution in [0.2, 0.25) is 0 Å². The molecule has 0 aliphatic heterocycles.